The molecule has 0 bridgehead atoms. The molecular weight excluding hydrogens is 2430 g/mol. The van der Waals surface area contributed by atoms with Gasteiger partial charge >= 0.3 is 0 Å². The number of aromatic nitrogens is 6. The van der Waals surface area contributed by atoms with Crippen LogP contribution in [0.25, 0.3) is 123 Å². The molecule has 11 aromatic carbocycles. The molecule has 10 nitrogen and oxygen atoms in total. The number of pyridine rings is 6. The SMILES string of the molecule is CC(=O)C=C(C)O.CC(=O)C=C(C)O.Cc1[c-]c(-c2ccc3ccccc3n2)c(C)cc1.Cc1[c-]c(-c2ccc3ccccc3n2)c(C)cc1.Cc1[c-]c(-c2ccc3ccccc3n2)cc(C)c1.Cc1cc(C)nc(-c2[c-]ccc(-c3ccccc3)c2)c1.Cc1cnc(-c2[c-]ccc(-c3ccccc3)c2)cc1C.[Ir].[Ir].[Ir].[Ir].[Ir].[c-]1ccccc1-c1ccccn1. The number of hydrogen-bond acceptors (Lipinski definition) is 10. The van der Waals surface area contributed by atoms with Crippen molar-refractivity contribution in [2.24, 2.45) is 0 Å². The summed E-state index contributed by atoms with van der Waals surface area (Å²) < 4.78 is 0. The van der Waals surface area contributed by atoms with Crippen LogP contribution < -0.4 is 0 Å². The summed E-state index contributed by atoms with van der Waals surface area (Å²) in [5.74, 6) is -0.125. The van der Waals surface area contributed by atoms with E-state index in [4.69, 9.17) is 25.2 Å². The van der Waals surface area contributed by atoms with Crippen LogP contribution in [0.4, 0.5) is 0 Å². The van der Waals surface area contributed by atoms with E-state index in [1.165, 1.54) is 112 Å². The molecule has 0 aliphatic heterocycles. The van der Waals surface area contributed by atoms with E-state index < -0.39 is 0 Å². The minimum Gasteiger partial charge on any atom is -0.512 e. The van der Waals surface area contributed by atoms with Crippen molar-refractivity contribution in [1.82, 2.24) is 29.9 Å². The van der Waals surface area contributed by atoms with E-state index in [2.05, 4.69) is 296 Å². The van der Waals surface area contributed by atoms with Gasteiger partial charge in [-0.1, -0.05) is 229 Å². The van der Waals surface area contributed by atoms with Crippen LogP contribution >= 0.6 is 0 Å². The van der Waals surface area contributed by atoms with E-state index in [0.29, 0.717) is 0 Å². The summed E-state index contributed by atoms with van der Waals surface area (Å²) in [5.41, 5.74) is 32.1. The molecule has 6 heterocycles. The zero-order chi connectivity index (χ0) is 85.5. The molecule has 5 radical (unpaired) electrons. The molecule has 0 atom stereocenters. The Kier molecular flexibility index (Phi) is 44.4. The van der Waals surface area contributed by atoms with Gasteiger partial charge in [0.2, 0.25) is 0 Å². The molecule has 125 heavy (non-hydrogen) atoms. The molecular formula is C110H98Ir5N6O4-6. The second-order valence-electron chi connectivity index (χ2n) is 29.1. The summed E-state index contributed by atoms with van der Waals surface area (Å²) >= 11 is 0. The van der Waals surface area contributed by atoms with Crippen molar-refractivity contribution < 1.29 is 120 Å². The van der Waals surface area contributed by atoms with Gasteiger partial charge in [-0.15, -0.1) is 211 Å². The Hall–Kier alpha value is -11.2. The normalized spacial score (nSPS) is 10.2. The van der Waals surface area contributed by atoms with Crippen LogP contribution in [0, 0.1) is 106 Å². The molecule has 643 valence electrons. The number of aryl methyl sites for hydroxylation is 10. The Bertz CT molecular complexity index is 6130. The molecule has 0 unspecified atom stereocenters. The number of para-hydroxylation sites is 3. The zero-order valence-corrected chi connectivity index (χ0v) is 84.2. The number of carbonyl (C=O) groups is 2. The molecule has 15 heteroatoms. The Balaban J connectivity index is 0.000000257. The van der Waals surface area contributed by atoms with Crippen LogP contribution in [-0.4, -0.2) is 51.7 Å². The van der Waals surface area contributed by atoms with Crippen molar-refractivity contribution in [3.8, 4) is 89.8 Å². The summed E-state index contributed by atoms with van der Waals surface area (Å²) in [6.07, 6.45) is 6.05. The first kappa shape index (κ1) is 104. The van der Waals surface area contributed by atoms with Gasteiger partial charge in [0.15, 0.2) is 11.6 Å². The number of carbonyl (C=O) groups excluding carboxylic acids is 2. The second kappa shape index (κ2) is 53.2. The monoisotopic (exact) mass is 2530 g/mol. The van der Waals surface area contributed by atoms with Gasteiger partial charge in [-0.3, -0.25) is 24.5 Å². The van der Waals surface area contributed by atoms with Gasteiger partial charge in [-0.2, -0.15) is 0 Å². The van der Waals surface area contributed by atoms with Gasteiger partial charge in [0.1, 0.15) is 0 Å². The molecule has 0 fully saturated rings. The maximum Gasteiger partial charge on any atom is 0.155 e. The molecule has 17 rings (SSSR count). The number of benzene rings is 11. The molecule has 6 aromatic heterocycles. The van der Waals surface area contributed by atoms with E-state index in [-0.39, 0.29) is 124 Å². The van der Waals surface area contributed by atoms with Crippen LogP contribution in [0.1, 0.15) is 83.5 Å². The van der Waals surface area contributed by atoms with Crippen molar-refractivity contribution in [3.05, 3.63) is 432 Å². The Labute approximate surface area is 805 Å². The third kappa shape index (κ3) is 33.3. The van der Waals surface area contributed by atoms with E-state index in [9.17, 15) is 9.59 Å². The number of fused-ring (bicyclic) bond motifs is 3. The molecule has 0 saturated carbocycles. The van der Waals surface area contributed by atoms with Gasteiger partial charge in [0, 0.05) is 131 Å². The quantitative estimate of drug-likeness (QED) is 0.0769. The molecule has 0 saturated heterocycles. The van der Waals surface area contributed by atoms with E-state index >= 15 is 0 Å². The number of rotatable bonds is 10. The van der Waals surface area contributed by atoms with E-state index in [1.54, 1.807) is 6.20 Å². The summed E-state index contributed by atoms with van der Waals surface area (Å²) in [5, 5.41) is 20.2. The molecule has 2 N–H and O–H groups in total. The fourth-order valence-corrected chi connectivity index (χ4v) is 12.8. The first-order chi connectivity index (χ1) is 57.9. The Morgan fingerprint density at radius 1 is 0.296 bits per heavy atom. The van der Waals surface area contributed by atoms with Gasteiger partial charge in [-0.25, -0.2) is 0 Å². The summed E-state index contributed by atoms with van der Waals surface area (Å²) in [6.45, 7) is 26.5. The van der Waals surface area contributed by atoms with E-state index in [1.807, 2.05) is 134 Å². The molecule has 17 aromatic rings. The fourth-order valence-electron chi connectivity index (χ4n) is 12.8. The van der Waals surface area contributed by atoms with Crippen molar-refractivity contribution >= 4 is 44.3 Å². The van der Waals surface area contributed by atoms with Crippen molar-refractivity contribution in [2.75, 3.05) is 0 Å². The largest absolute Gasteiger partial charge is 0.512 e. The van der Waals surface area contributed by atoms with Crippen LogP contribution in [0.5, 0.6) is 0 Å². The van der Waals surface area contributed by atoms with E-state index in [0.717, 1.165) is 106 Å². The Morgan fingerprint density at radius 3 is 1.15 bits per heavy atom. The summed E-state index contributed by atoms with van der Waals surface area (Å²) in [7, 11) is 0. The smallest absolute Gasteiger partial charge is 0.155 e. The number of aliphatic hydroxyl groups excluding tert-OH is 2. The predicted octanol–water partition coefficient (Wildman–Crippen LogP) is 27.2. The molecule has 0 amide bonds. The first-order valence-corrected chi connectivity index (χ1v) is 39.6. The van der Waals surface area contributed by atoms with Crippen LogP contribution in [-0.2, 0) is 110 Å². The maximum absolute atomic E-state index is 10.0. The molecule has 0 spiro atoms. The fraction of sp³-hybridized carbons (Fsp3) is 0.127. The van der Waals surface area contributed by atoms with Crippen LogP contribution in [0.3, 0.4) is 0 Å². The van der Waals surface area contributed by atoms with Crippen LogP contribution in [0.15, 0.2) is 339 Å². The maximum atomic E-state index is 10.0. The average Bonchev–Trinajstić information content (AvgIpc) is 0.547. The van der Waals surface area contributed by atoms with Crippen molar-refractivity contribution in [3.63, 3.8) is 0 Å². The van der Waals surface area contributed by atoms with Gasteiger partial charge in [-0.05, 0) is 153 Å². The molecule has 0 aliphatic rings. The van der Waals surface area contributed by atoms with Crippen LogP contribution in [0.2, 0.25) is 0 Å². The predicted molar refractivity (Wildman–Crippen MR) is 496 cm³/mol. The number of aliphatic hydroxyl groups is 2. The van der Waals surface area contributed by atoms with Gasteiger partial charge in [0.05, 0.1) is 28.1 Å². The van der Waals surface area contributed by atoms with Crippen molar-refractivity contribution in [1.29, 1.82) is 0 Å². The number of ketones is 2. The third-order valence-electron chi connectivity index (χ3n) is 18.6. The zero-order valence-electron chi connectivity index (χ0n) is 72.2. The minimum absolute atomic E-state index is 0. The second-order valence-corrected chi connectivity index (χ2v) is 29.1. The average molecular weight is 2530 g/mol. The topological polar surface area (TPSA) is 152 Å². The number of hydrogen-bond donors (Lipinski definition) is 2. The summed E-state index contributed by atoms with van der Waals surface area (Å²) in [6, 6.07) is 123. The Morgan fingerprint density at radius 2 is 0.728 bits per heavy atom. The first-order valence-electron chi connectivity index (χ1n) is 39.6. The van der Waals surface area contributed by atoms with Gasteiger partial charge < -0.3 is 25.2 Å². The van der Waals surface area contributed by atoms with Gasteiger partial charge in [0.25, 0.3) is 0 Å². The standard InChI is InChI=1S/2C19H16N.3C17H14N.C11H8N.2C5H8O2.5Ir/c1-14-11-19(20-13-15(14)2)18-10-6-9-17(12-18)16-7-4-3-5-8-16;1-14-11-15(2)20-19(12-14)18-10-6-9-17(13-18)16-7-4-3-5-8-16;1-12-9-13(2)11-15(10-12)17-8-7-14-5-3-4-6-16(14)18-17;2*1-12-7-8-13(2)15(11-12)17-10-9-14-5-3-4-6-16(14)18-17;1-2-6-10(7-3-1)11-8-4-5-9-12-11;2*1-4(6)3-5(2)7;;;;;/h2*3-9,11-13H,1-2H3;3*3-10H,1-2H3;1-6,8-9H;2*3,6H,1-2H3;;;;;/q6*-1;;;;;;;. The number of nitrogens with zero attached hydrogens (tertiary/aromatic N) is 6. The van der Waals surface area contributed by atoms with Crippen molar-refractivity contribution in [2.45, 2.75) is 96.9 Å². The minimum atomic E-state index is -0.125. The molecule has 0 aliphatic carbocycles. The summed E-state index contributed by atoms with van der Waals surface area (Å²) in [4.78, 5) is 47.5. The third-order valence-corrected chi connectivity index (χ3v) is 18.6. The number of allylic oxidation sites excluding steroid dienone is 4.